The summed E-state index contributed by atoms with van der Waals surface area (Å²) in [5, 5.41) is 0. The van der Waals surface area contributed by atoms with E-state index in [-0.39, 0.29) is 17.3 Å². The lowest BCUT2D eigenvalue weighted by atomic mass is 10.2. The molecule has 2 aromatic carbocycles. The first-order valence-corrected chi connectivity index (χ1v) is 6.21. The molecule has 0 spiro atoms. The van der Waals surface area contributed by atoms with Crippen LogP contribution in [-0.2, 0) is 11.3 Å². The maximum absolute atomic E-state index is 13.7. The Morgan fingerprint density at radius 2 is 2.05 bits per heavy atom. The summed E-state index contributed by atoms with van der Waals surface area (Å²) in [6, 6.07) is 12.5. The van der Waals surface area contributed by atoms with Gasteiger partial charge in [-0.3, -0.25) is 4.57 Å². The maximum atomic E-state index is 13.7. The van der Waals surface area contributed by atoms with E-state index in [9.17, 15) is 4.39 Å². The van der Waals surface area contributed by atoms with Gasteiger partial charge in [0.2, 0.25) is 5.95 Å². The van der Waals surface area contributed by atoms with Crippen LogP contribution in [0.5, 0.6) is 0 Å². The minimum atomic E-state index is -0.374. The molecule has 102 valence electrons. The van der Waals surface area contributed by atoms with Crippen molar-refractivity contribution in [3.63, 3.8) is 0 Å². The van der Waals surface area contributed by atoms with Gasteiger partial charge in [-0.1, -0.05) is 18.2 Å². The predicted molar refractivity (Wildman–Crippen MR) is 76.2 cm³/mol. The number of hydrogen-bond acceptors (Lipinski definition) is 3. The summed E-state index contributed by atoms with van der Waals surface area (Å²) in [5.41, 5.74) is 8.72. The summed E-state index contributed by atoms with van der Waals surface area (Å²) in [6.07, 6.45) is 0. The van der Waals surface area contributed by atoms with Gasteiger partial charge in [0, 0.05) is 12.8 Å². The third-order valence-electron chi connectivity index (χ3n) is 3.14. The van der Waals surface area contributed by atoms with Crippen molar-refractivity contribution < 1.29 is 9.13 Å². The number of nitrogens with zero attached hydrogens (tertiary/aromatic N) is 2. The summed E-state index contributed by atoms with van der Waals surface area (Å²) < 4.78 is 20.6. The van der Waals surface area contributed by atoms with Crippen LogP contribution in [0.4, 0.5) is 10.3 Å². The van der Waals surface area contributed by atoms with E-state index in [0.717, 1.165) is 11.3 Å². The van der Waals surface area contributed by atoms with E-state index in [4.69, 9.17) is 10.5 Å². The molecule has 0 amide bonds. The third-order valence-corrected chi connectivity index (χ3v) is 3.14. The number of nitrogens with two attached hydrogens (primary N) is 1. The van der Waals surface area contributed by atoms with Crippen LogP contribution in [-0.4, -0.2) is 16.7 Å². The van der Waals surface area contributed by atoms with Gasteiger partial charge < -0.3 is 10.5 Å². The molecule has 0 aliphatic rings. The fourth-order valence-corrected chi connectivity index (χ4v) is 2.31. The molecule has 0 aliphatic heterocycles. The molecule has 5 heteroatoms. The van der Waals surface area contributed by atoms with Crippen LogP contribution < -0.4 is 5.73 Å². The molecular formula is C15H14FN3O. The van der Waals surface area contributed by atoms with Crippen molar-refractivity contribution in [2.45, 2.75) is 6.61 Å². The number of halogens is 1. The number of para-hydroxylation sites is 1. The average molecular weight is 271 g/mol. The Bertz CT molecular complexity index is 767. The smallest absolute Gasteiger partial charge is 0.206 e. The van der Waals surface area contributed by atoms with Gasteiger partial charge in [-0.2, -0.15) is 0 Å². The maximum Gasteiger partial charge on any atom is 0.206 e. The summed E-state index contributed by atoms with van der Waals surface area (Å²) in [7, 11) is 1.64. The Kier molecular flexibility index (Phi) is 3.12. The number of imidazole rings is 1. The highest BCUT2D eigenvalue weighted by Crippen LogP contribution is 2.25. The lowest BCUT2D eigenvalue weighted by Crippen LogP contribution is -2.01. The second-order valence-corrected chi connectivity index (χ2v) is 4.52. The molecule has 3 rings (SSSR count). The molecule has 0 fully saturated rings. The Labute approximate surface area is 115 Å². The van der Waals surface area contributed by atoms with Gasteiger partial charge in [0.1, 0.15) is 5.52 Å². The minimum Gasteiger partial charge on any atom is -0.380 e. The van der Waals surface area contributed by atoms with E-state index in [0.29, 0.717) is 12.1 Å². The van der Waals surface area contributed by atoms with Gasteiger partial charge in [0.25, 0.3) is 0 Å². The Morgan fingerprint density at radius 1 is 1.25 bits per heavy atom. The van der Waals surface area contributed by atoms with E-state index < -0.39 is 0 Å². The summed E-state index contributed by atoms with van der Waals surface area (Å²) in [5.74, 6) is -0.110. The van der Waals surface area contributed by atoms with Crippen molar-refractivity contribution in [2.75, 3.05) is 12.8 Å². The number of anilines is 1. The zero-order valence-corrected chi connectivity index (χ0v) is 11.0. The molecule has 0 bridgehead atoms. The van der Waals surface area contributed by atoms with E-state index in [1.165, 1.54) is 6.07 Å². The molecule has 0 unspecified atom stereocenters. The largest absolute Gasteiger partial charge is 0.380 e. The molecule has 0 aliphatic carbocycles. The second-order valence-electron chi connectivity index (χ2n) is 4.52. The number of ether oxygens (including phenoxy) is 1. The molecule has 0 atom stereocenters. The molecule has 1 aromatic heterocycles. The second kappa shape index (κ2) is 4.94. The van der Waals surface area contributed by atoms with Crippen LogP contribution in [0.1, 0.15) is 5.56 Å². The zero-order valence-electron chi connectivity index (χ0n) is 11.0. The van der Waals surface area contributed by atoms with Gasteiger partial charge in [-0.15, -0.1) is 0 Å². The summed E-state index contributed by atoms with van der Waals surface area (Å²) >= 11 is 0. The number of aromatic nitrogens is 2. The van der Waals surface area contributed by atoms with Crippen molar-refractivity contribution in [2.24, 2.45) is 0 Å². The first-order chi connectivity index (χ1) is 9.70. The molecule has 3 aromatic rings. The topological polar surface area (TPSA) is 53.1 Å². The minimum absolute atomic E-state index is 0.264. The lowest BCUT2D eigenvalue weighted by molar-refractivity contribution is 0.185. The molecule has 0 radical (unpaired) electrons. The van der Waals surface area contributed by atoms with Gasteiger partial charge in [-0.05, 0) is 29.8 Å². The van der Waals surface area contributed by atoms with Gasteiger partial charge in [0.05, 0.1) is 12.1 Å². The van der Waals surface area contributed by atoms with Crippen LogP contribution in [0.15, 0.2) is 42.5 Å². The van der Waals surface area contributed by atoms with E-state index in [1.807, 2.05) is 24.3 Å². The normalized spacial score (nSPS) is 11.1. The molecule has 1 heterocycles. The number of benzene rings is 2. The number of methoxy groups -OCH3 is 1. The molecule has 20 heavy (non-hydrogen) atoms. The van der Waals surface area contributed by atoms with Crippen molar-refractivity contribution in [1.29, 1.82) is 0 Å². The zero-order chi connectivity index (χ0) is 14.1. The Morgan fingerprint density at radius 3 is 2.85 bits per heavy atom. The van der Waals surface area contributed by atoms with Crippen molar-refractivity contribution in [1.82, 2.24) is 9.55 Å². The van der Waals surface area contributed by atoms with Crippen LogP contribution in [0.2, 0.25) is 0 Å². The van der Waals surface area contributed by atoms with Crippen molar-refractivity contribution in [3.05, 3.63) is 53.8 Å². The standard InChI is InChI=1S/C15H14FN3O/c1-20-9-10-4-2-5-11(8-10)19-13-7-3-6-12(16)14(13)18-15(19)17/h2-8H,9H2,1H3,(H2,17,18). The monoisotopic (exact) mass is 271 g/mol. The van der Waals surface area contributed by atoms with Crippen LogP contribution in [0, 0.1) is 5.82 Å². The molecule has 0 saturated carbocycles. The fraction of sp³-hybridized carbons (Fsp3) is 0.133. The highest BCUT2D eigenvalue weighted by molar-refractivity contribution is 5.81. The highest BCUT2D eigenvalue weighted by atomic mass is 19.1. The molecular weight excluding hydrogens is 257 g/mol. The lowest BCUT2D eigenvalue weighted by Gasteiger charge is -2.08. The van der Waals surface area contributed by atoms with Crippen molar-refractivity contribution >= 4 is 17.0 Å². The van der Waals surface area contributed by atoms with Crippen LogP contribution >= 0.6 is 0 Å². The van der Waals surface area contributed by atoms with Crippen LogP contribution in [0.25, 0.3) is 16.7 Å². The van der Waals surface area contributed by atoms with E-state index >= 15 is 0 Å². The van der Waals surface area contributed by atoms with E-state index in [1.54, 1.807) is 23.8 Å². The fourth-order valence-electron chi connectivity index (χ4n) is 2.31. The summed E-state index contributed by atoms with van der Waals surface area (Å²) in [6.45, 7) is 0.509. The Hall–Kier alpha value is -2.40. The summed E-state index contributed by atoms with van der Waals surface area (Å²) in [4.78, 5) is 4.10. The van der Waals surface area contributed by atoms with Gasteiger partial charge >= 0.3 is 0 Å². The van der Waals surface area contributed by atoms with Gasteiger partial charge in [-0.25, -0.2) is 9.37 Å². The van der Waals surface area contributed by atoms with E-state index in [2.05, 4.69) is 4.98 Å². The molecule has 4 nitrogen and oxygen atoms in total. The highest BCUT2D eigenvalue weighted by Gasteiger charge is 2.13. The van der Waals surface area contributed by atoms with Gasteiger partial charge in [0.15, 0.2) is 5.82 Å². The Balaban J connectivity index is 2.21. The number of nitrogen functional groups attached to an aromatic ring is 1. The molecule has 0 saturated heterocycles. The SMILES string of the molecule is COCc1cccc(-n2c(N)nc3c(F)cccc32)c1. The first kappa shape index (κ1) is 12.6. The predicted octanol–water partition coefficient (Wildman–Crippen LogP) is 2.89. The molecule has 2 N–H and O–H groups in total. The quantitative estimate of drug-likeness (QED) is 0.797. The number of hydrogen-bond donors (Lipinski definition) is 1. The van der Waals surface area contributed by atoms with Crippen molar-refractivity contribution in [3.8, 4) is 5.69 Å². The third kappa shape index (κ3) is 2.02. The number of rotatable bonds is 3. The average Bonchev–Trinajstić information content (AvgIpc) is 2.77. The first-order valence-electron chi connectivity index (χ1n) is 6.21. The number of fused-ring (bicyclic) bond motifs is 1. The van der Waals surface area contributed by atoms with Crippen LogP contribution in [0.3, 0.4) is 0 Å².